The van der Waals surface area contributed by atoms with E-state index in [1.165, 1.54) is 6.42 Å². The summed E-state index contributed by atoms with van der Waals surface area (Å²) in [6.45, 7) is 6.69. The molecule has 7 nitrogen and oxygen atoms in total. The Hall–Kier alpha value is -3.32. The minimum atomic E-state index is -0.300. The van der Waals surface area contributed by atoms with E-state index in [-0.39, 0.29) is 11.6 Å². The molecular formula is C25H28N6O. The first-order chi connectivity index (χ1) is 15.6. The van der Waals surface area contributed by atoms with Crippen LogP contribution < -0.4 is 5.56 Å². The lowest BCUT2D eigenvalue weighted by atomic mass is 9.95. The van der Waals surface area contributed by atoms with Gasteiger partial charge in [-0.2, -0.15) is 0 Å². The molecule has 0 radical (unpaired) electrons. The van der Waals surface area contributed by atoms with Crippen LogP contribution in [0.4, 0.5) is 0 Å². The van der Waals surface area contributed by atoms with Crippen molar-refractivity contribution in [2.75, 3.05) is 13.1 Å². The molecule has 1 aliphatic rings. The molecule has 3 heterocycles. The van der Waals surface area contributed by atoms with E-state index in [9.17, 15) is 4.79 Å². The van der Waals surface area contributed by atoms with Gasteiger partial charge < -0.3 is 4.98 Å². The molecule has 1 N–H and O–H groups in total. The quantitative estimate of drug-likeness (QED) is 0.524. The van der Waals surface area contributed by atoms with Crippen molar-refractivity contribution in [3.63, 3.8) is 0 Å². The zero-order chi connectivity index (χ0) is 22.1. The summed E-state index contributed by atoms with van der Waals surface area (Å²) in [5, 5.41) is 13.7. The number of rotatable bonds is 5. The third-order valence-corrected chi connectivity index (χ3v) is 6.36. The molecule has 2 aromatic heterocycles. The number of aromatic amines is 1. The number of tetrazole rings is 1. The topological polar surface area (TPSA) is 79.7 Å². The van der Waals surface area contributed by atoms with Crippen LogP contribution in [0, 0.1) is 12.8 Å². The Balaban J connectivity index is 1.62. The molecule has 164 valence electrons. The fourth-order valence-corrected chi connectivity index (χ4v) is 4.77. The van der Waals surface area contributed by atoms with Gasteiger partial charge in [-0.1, -0.05) is 49.4 Å². The number of aryl methyl sites for hydroxylation is 1. The summed E-state index contributed by atoms with van der Waals surface area (Å²) in [5.74, 6) is 1.27. The van der Waals surface area contributed by atoms with Crippen molar-refractivity contribution in [3.8, 4) is 0 Å². The van der Waals surface area contributed by atoms with E-state index in [2.05, 4.69) is 56.6 Å². The Morgan fingerprint density at radius 3 is 2.81 bits per heavy atom. The molecule has 1 saturated heterocycles. The fourth-order valence-electron chi connectivity index (χ4n) is 4.77. The van der Waals surface area contributed by atoms with Crippen molar-refractivity contribution in [2.45, 2.75) is 39.3 Å². The zero-order valence-electron chi connectivity index (χ0n) is 18.5. The number of pyridine rings is 1. The molecule has 0 bridgehead atoms. The fraction of sp³-hybridized carbons (Fsp3) is 0.360. The van der Waals surface area contributed by atoms with E-state index in [0.717, 1.165) is 41.5 Å². The second-order valence-electron chi connectivity index (χ2n) is 8.97. The Morgan fingerprint density at radius 2 is 2.00 bits per heavy atom. The molecule has 1 fully saturated rings. The number of aromatic nitrogens is 5. The van der Waals surface area contributed by atoms with Gasteiger partial charge in [0.2, 0.25) is 0 Å². The molecule has 4 aromatic rings. The summed E-state index contributed by atoms with van der Waals surface area (Å²) in [6, 6.07) is 18.0. The molecule has 2 aromatic carbocycles. The van der Waals surface area contributed by atoms with E-state index in [4.69, 9.17) is 0 Å². The average molecular weight is 429 g/mol. The van der Waals surface area contributed by atoms with Crippen LogP contribution in [0.2, 0.25) is 0 Å². The van der Waals surface area contributed by atoms with Gasteiger partial charge in [-0.15, -0.1) is 5.10 Å². The normalized spacial score (nSPS) is 18.1. The molecule has 0 spiro atoms. The van der Waals surface area contributed by atoms with Gasteiger partial charge in [-0.3, -0.25) is 9.69 Å². The largest absolute Gasteiger partial charge is 0.322 e. The molecule has 2 atom stereocenters. The molecule has 1 aliphatic heterocycles. The van der Waals surface area contributed by atoms with Gasteiger partial charge in [-0.25, -0.2) is 4.68 Å². The molecule has 32 heavy (non-hydrogen) atoms. The van der Waals surface area contributed by atoms with Gasteiger partial charge in [0, 0.05) is 17.6 Å². The molecule has 5 rings (SSSR count). The molecule has 0 amide bonds. The van der Waals surface area contributed by atoms with Gasteiger partial charge in [0.25, 0.3) is 5.56 Å². The Morgan fingerprint density at radius 1 is 1.16 bits per heavy atom. The predicted molar refractivity (Wildman–Crippen MR) is 124 cm³/mol. The minimum absolute atomic E-state index is 0.0828. The number of likely N-dealkylation sites (tertiary alicyclic amines) is 1. The van der Waals surface area contributed by atoms with E-state index in [1.807, 2.05) is 41.9 Å². The van der Waals surface area contributed by atoms with Crippen molar-refractivity contribution >= 4 is 10.9 Å². The van der Waals surface area contributed by atoms with Crippen molar-refractivity contribution in [3.05, 3.63) is 87.5 Å². The first-order valence-corrected chi connectivity index (χ1v) is 11.3. The lowest BCUT2D eigenvalue weighted by molar-refractivity contribution is 0.141. The van der Waals surface area contributed by atoms with E-state index < -0.39 is 0 Å². The third kappa shape index (κ3) is 4.08. The maximum absolute atomic E-state index is 13.3. The van der Waals surface area contributed by atoms with E-state index in [0.29, 0.717) is 23.9 Å². The molecule has 0 aliphatic carbocycles. The van der Waals surface area contributed by atoms with Crippen LogP contribution in [0.15, 0.2) is 59.4 Å². The molecule has 0 unspecified atom stereocenters. The van der Waals surface area contributed by atoms with Crippen LogP contribution in [-0.2, 0) is 6.54 Å². The van der Waals surface area contributed by atoms with Gasteiger partial charge in [0.05, 0.1) is 6.54 Å². The average Bonchev–Trinajstić information content (AvgIpc) is 3.23. The van der Waals surface area contributed by atoms with Gasteiger partial charge in [0.1, 0.15) is 6.04 Å². The molecular weight excluding hydrogens is 400 g/mol. The summed E-state index contributed by atoms with van der Waals surface area (Å²) in [6.07, 6.45) is 2.30. The van der Waals surface area contributed by atoms with Crippen molar-refractivity contribution in [1.29, 1.82) is 0 Å². The predicted octanol–water partition coefficient (Wildman–Crippen LogP) is 3.69. The van der Waals surface area contributed by atoms with Crippen LogP contribution in [0.3, 0.4) is 0 Å². The Labute approximate surface area is 187 Å². The molecule has 7 heteroatoms. The van der Waals surface area contributed by atoms with Crippen LogP contribution in [0.1, 0.15) is 48.3 Å². The smallest absolute Gasteiger partial charge is 0.253 e. The van der Waals surface area contributed by atoms with Crippen molar-refractivity contribution < 1.29 is 0 Å². The second-order valence-corrected chi connectivity index (χ2v) is 8.97. The highest BCUT2D eigenvalue weighted by molar-refractivity contribution is 5.79. The number of hydrogen-bond acceptors (Lipinski definition) is 5. The Bertz CT molecular complexity index is 1280. The monoisotopic (exact) mass is 428 g/mol. The summed E-state index contributed by atoms with van der Waals surface area (Å²) >= 11 is 0. The van der Waals surface area contributed by atoms with Crippen molar-refractivity contribution in [2.24, 2.45) is 5.92 Å². The first kappa shape index (κ1) is 20.6. The number of benzene rings is 2. The number of fused-ring (bicyclic) bond motifs is 1. The molecule has 0 saturated carbocycles. The van der Waals surface area contributed by atoms with Crippen LogP contribution in [-0.4, -0.2) is 43.2 Å². The summed E-state index contributed by atoms with van der Waals surface area (Å²) in [4.78, 5) is 18.8. The third-order valence-electron chi connectivity index (χ3n) is 6.36. The maximum Gasteiger partial charge on any atom is 0.253 e. The SMILES string of the molecule is Cc1ccc2cc([C@@H](c3nnnn3Cc3ccccc3)N3CCC[C@@H](C)C3)c(=O)[nH]c2c1. The number of nitrogens with one attached hydrogen (secondary N) is 1. The second kappa shape index (κ2) is 8.67. The van der Waals surface area contributed by atoms with Gasteiger partial charge in [-0.05, 0) is 71.3 Å². The standard InChI is InChI=1S/C25H28N6O/c1-17-10-11-20-14-21(25(32)26-22(20)13-17)23(30-12-6-7-18(2)15-30)24-27-28-29-31(24)16-19-8-4-3-5-9-19/h3-5,8-11,13-14,18,23H,6-7,12,15-16H2,1-2H3,(H,26,32)/t18-,23+/m1/s1. The number of H-pyrrole nitrogens is 1. The highest BCUT2D eigenvalue weighted by atomic mass is 16.1. The highest BCUT2D eigenvalue weighted by Gasteiger charge is 2.32. The van der Waals surface area contributed by atoms with Crippen LogP contribution >= 0.6 is 0 Å². The zero-order valence-corrected chi connectivity index (χ0v) is 18.5. The first-order valence-electron chi connectivity index (χ1n) is 11.3. The van der Waals surface area contributed by atoms with E-state index in [1.54, 1.807) is 0 Å². The Kier molecular flexibility index (Phi) is 5.57. The maximum atomic E-state index is 13.3. The summed E-state index contributed by atoms with van der Waals surface area (Å²) < 4.78 is 1.83. The number of hydrogen-bond donors (Lipinski definition) is 1. The lowest BCUT2D eigenvalue weighted by Gasteiger charge is -2.36. The van der Waals surface area contributed by atoms with Crippen LogP contribution in [0.25, 0.3) is 10.9 Å². The summed E-state index contributed by atoms with van der Waals surface area (Å²) in [5.41, 5.74) is 3.71. The lowest BCUT2D eigenvalue weighted by Crippen LogP contribution is -2.41. The van der Waals surface area contributed by atoms with Crippen molar-refractivity contribution in [1.82, 2.24) is 30.1 Å². The number of nitrogens with zero attached hydrogens (tertiary/aromatic N) is 5. The van der Waals surface area contributed by atoms with Gasteiger partial charge >= 0.3 is 0 Å². The highest BCUT2D eigenvalue weighted by Crippen LogP contribution is 2.31. The van der Waals surface area contributed by atoms with Gasteiger partial charge in [0.15, 0.2) is 5.82 Å². The number of piperidine rings is 1. The van der Waals surface area contributed by atoms with Crippen LogP contribution in [0.5, 0.6) is 0 Å². The summed E-state index contributed by atoms with van der Waals surface area (Å²) in [7, 11) is 0. The minimum Gasteiger partial charge on any atom is -0.322 e. The van der Waals surface area contributed by atoms with E-state index >= 15 is 0 Å².